The summed E-state index contributed by atoms with van der Waals surface area (Å²) in [6, 6.07) is 7.73. The van der Waals surface area contributed by atoms with E-state index in [1.54, 1.807) is 13.8 Å². The second kappa shape index (κ2) is 13.5. The van der Waals surface area contributed by atoms with Crippen LogP contribution in [0.25, 0.3) is 0 Å². The first-order valence-electron chi connectivity index (χ1n) is 10.5. The lowest BCUT2D eigenvalue weighted by molar-refractivity contribution is -0.169. The Morgan fingerprint density at radius 2 is 1.52 bits per heavy atom. The van der Waals surface area contributed by atoms with Gasteiger partial charge in [-0.2, -0.15) is 0 Å². The van der Waals surface area contributed by atoms with E-state index in [9.17, 15) is 14.7 Å². The average Bonchev–Trinajstić information content (AvgIpc) is 2.72. The molecule has 156 valence electrons. The molecule has 0 bridgehead atoms. The average molecular weight is 397 g/mol. The highest BCUT2D eigenvalue weighted by atomic mass is 16.5. The summed E-state index contributed by atoms with van der Waals surface area (Å²) in [4.78, 5) is 23.7. The minimum atomic E-state index is -1.47. The number of carbonyl (C=O) groups excluding carboxylic acids is 1. The molecule has 0 amide bonds. The van der Waals surface area contributed by atoms with E-state index in [1.807, 2.05) is 24.3 Å². The third kappa shape index (κ3) is 7.66. The van der Waals surface area contributed by atoms with Crippen molar-refractivity contribution in [1.29, 1.82) is 0 Å². The topological polar surface area (TPSA) is 63.6 Å². The molecule has 29 heavy (non-hydrogen) atoms. The number of benzene rings is 1. The van der Waals surface area contributed by atoms with Crippen LogP contribution in [0.15, 0.2) is 24.3 Å². The molecule has 4 nitrogen and oxygen atoms in total. The maximum atomic E-state index is 12.2. The molecular formula is C25H32O4. The predicted molar refractivity (Wildman–Crippen MR) is 115 cm³/mol. The summed E-state index contributed by atoms with van der Waals surface area (Å²) in [5.41, 5.74) is 0.281. The zero-order valence-electron chi connectivity index (χ0n) is 17.8. The van der Waals surface area contributed by atoms with E-state index in [0.717, 1.165) is 24.0 Å². The van der Waals surface area contributed by atoms with Crippen molar-refractivity contribution in [2.24, 2.45) is 5.41 Å². The standard InChI is InChI=1S/C25H32O4/c1-4-7-8-9-10-11-16-21-17-12-13-18-22(21)19-14-15-20-29-24(28)25(5-2,6-3)23(26)27/h12-13,17-18H,4-10,15,20H2,1-3H3,(H,26,27). The van der Waals surface area contributed by atoms with Gasteiger partial charge in [0.1, 0.15) is 6.61 Å². The number of carboxylic acids is 1. The van der Waals surface area contributed by atoms with Crippen molar-refractivity contribution in [1.82, 2.24) is 0 Å². The monoisotopic (exact) mass is 396 g/mol. The molecule has 1 N–H and O–H groups in total. The molecule has 0 aliphatic carbocycles. The van der Waals surface area contributed by atoms with Gasteiger partial charge < -0.3 is 9.84 Å². The van der Waals surface area contributed by atoms with Gasteiger partial charge in [0.25, 0.3) is 0 Å². The molecule has 0 unspecified atom stereocenters. The first-order valence-corrected chi connectivity index (χ1v) is 10.5. The van der Waals surface area contributed by atoms with Crippen molar-refractivity contribution >= 4 is 11.9 Å². The van der Waals surface area contributed by atoms with E-state index in [1.165, 1.54) is 19.3 Å². The van der Waals surface area contributed by atoms with Gasteiger partial charge in [-0.15, -0.1) is 0 Å². The highest BCUT2D eigenvalue weighted by Gasteiger charge is 2.44. The molecule has 0 heterocycles. The fourth-order valence-corrected chi connectivity index (χ4v) is 2.92. The van der Waals surface area contributed by atoms with Crippen molar-refractivity contribution in [2.75, 3.05) is 6.61 Å². The van der Waals surface area contributed by atoms with Crippen LogP contribution in [0.5, 0.6) is 0 Å². The van der Waals surface area contributed by atoms with Crippen molar-refractivity contribution in [2.45, 2.75) is 72.1 Å². The van der Waals surface area contributed by atoms with Crippen LogP contribution < -0.4 is 0 Å². The minimum absolute atomic E-state index is 0.0755. The number of unbranched alkanes of at least 4 members (excludes halogenated alkanes) is 4. The van der Waals surface area contributed by atoms with Crippen molar-refractivity contribution in [3.05, 3.63) is 35.4 Å². The number of esters is 1. The largest absolute Gasteiger partial charge is 0.480 e. The van der Waals surface area contributed by atoms with Crippen LogP contribution >= 0.6 is 0 Å². The van der Waals surface area contributed by atoms with Crippen LogP contribution in [-0.4, -0.2) is 23.7 Å². The molecule has 1 aromatic rings. The van der Waals surface area contributed by atoms with Gasteiger partial charge in [-0.1, -0.05) is 75.8 Å². The molecule has 0 aromatic heterocycles. The summed E-state index contributed by atoms with van der Waals surface area (Å²) < 4.78 is 5.18. The first-order chi connectivity index (χ1) is 14.0. The second-order valence-corrected chi connectivity index (χ2v) is 6.94. The quantitative estimate of drug-likeness (QED) is 0.256. The molecule has 1 aromatic carbocycles. The molecule has 0 saturated carbocycles. The Labute approximate surface area is 175 Å². The van der Waals surface area contributed by atoms with E-state index in [2.05, 4.69) is 30.6 Å². The summed E-state index contributed by atoms with van der Waals surface area (Å²) in [7, 11) is 0. The number of rotatable bonds is 10. The van der Waals surface area contributed by atoms with Crippen LogP contribution in [0.1, 0.15) is 83.3 Å². The number of hydrogen-bond donors (Lipinski definition) is 1. The van der Waals surface area contributed by atoms with E-state index in [4.69, 9.17) is 4.74 Å². The van der Waals surface area contributed by atoms with Crippen LogP contribution in [0.4, 0.5) is 0 Å². The smallest absolute Gasteiger partial charge is 0.323 e. The summed E-state index contributed by atoms with van der Waals surface area (Å²) >= 11 is 0. The Morgan fingerprint density at radius 1 is 0.931 bits per heavy atom. The number of aliphatic carboxylic acids is 1. The van der Waals surface area contributed by atoms with E-state index in [0.29, 0.717) is 6.42 Å². The molecule has 0 aliphatic rings. The molecule has 0 fully saturated rings. The van der Waals surface area contributed by atoms with E-state index < -0.39 is 17.4 Å². The van der Waals surface area contributed by atoms with Crippen molar-refractivity contribution in [3.8, 4) is 23.7 Å². The SMILES string of the molecule is CCCCCCC#Cc1ccccc1C#CCCOC(=O)C(CC)(CC)C(=O)O. The van der Waals surface area contributed by atoms with Crippen molar-refractivity contribution in [3.63, 3.8) is 0 Å². The van der Waals surface area contributed by atoms with Gasteiger partial charge in [0, 0.05) is 24.0 Å². The fraction of sp³-hybridized carbons (Fsp3) is 0.520. The summed E-state index contributed by atoms with van der Waals surface area (Å²) in [6.45, 7) is 5.63. The van der Waals surface area contributed by atoms with Gasteiger partial charge in [0.05, 0.1) is 0 Å². The lowest BCUT2D eigenvalue weighted by Crippen LogP contribution is -2.39. The molecular weight excluding hydrogens is 364 g/mol. The molecule has 4 heteroatoms. The Kier molecular flexibility index (Phi) is 11.3. The van der Waals surface area contributed by atoms with Crippen LogP contribution in [-0.2, 0) is 14.3 Å². The lowest BCUT2D eigenvalue weighted by Gasteiger charge is -2.23. The molecule has 0 saturated heterocycles. The third-order valence-corrected chi connectivity index (χ3v) is 5.00. The van der Waals surface area contributed by atoms with Gasteiger partial charge in [0.15, 0.2) is 5.41 Å². The van der Waals surface area contributed by atoms with Crippen LogP contribution in [0.3, 0.4) is 0 Å². The summed E-state index contributed by atoms with van der Waals surface area (Å²) in [5, 5.41) is 9.37. The van der Waals surface area contributed by atoms with Crippen LogP contribution in [0, 0.1) is 29.1 Å². The predicted octanol–water partition coefficient (Wildman–Crippen LogP) is 5.18. The third-order valence-electron chi connectivity index (χ3n) is 5.00. The Morgan fingerprint density at radius 3 is 2.03 bits per heavy atom. The van der Waals surface area contributed by atoms with Gasteiger partial charge in [0.2, 0.25) is 0 Å². The maximum absolute atomic E-state index is 12.2. The Hall–Kier alpha value is -2.72. The number of ether oxygens (including phenoxy) is 1. The normalized spacial score (nSPS) is 10.3. The van der Waals surface area contributed by atoms with Gasteiger partial charge in [-0.25, -0.2) is 0 Å². The number of carbonyl (C=O) groups is 2. The second-order valence-electron chi connectivity index (χ2n) is 6.94. The first kappa shape index (κ1) is 24.3. The minimum Gasteiger partial charge on any atom is -0.480 e. The van der Waals surface area contributed by atoms with Gasteiger partial charge >= 0.3 is 11.9 Å². The Bertz CT molecular complexity index is 782. The Balaban J connectivity index is 2.62. The zero-order chi connectivity index (χ0) is 21.5. The highest BCUT2D eigenvalue weighted by Crippen LogP contribution is 2.28. The number of carboxylic acid groups (broad SMARTS) is 1. The zero-order valence-corrected chi connectivity index (χ0v) is 17.8. The molecule has 0 spiro atoms. The molecule has 0 atom stereocenters. The van der Waals surface area contributed by atoms with Crippen molar-refractivity contribution < 1.29 is 19.4 Å². The van der Waals surface area contributed by atoms with Gasteiger partial charge in [-0.3, -0.25) is 9.59 Å². The van der Waals surface area contributed by atoms with Gasteiger partial charge in [-0.05, 0) is 31.4 Å². The van der Waals surface area contributed by atoms with Crippen LogP contribution in [0.2, 0.25) is 0 Å². The van der Waals surface area contributed by atoms with E-state index in [-0.39, 0.29) is 19.4 Å². The highest BCUT2D eigenvalue weighted by molar-refractivity contribution is 5.99. The fourth-order valence-electron chi connectivity index (χ4n) is 2.92. The molecule has 0 aliphatic heterocycles. The number of hydrogen-bond acceptors (Lipinski definition) is 3. The van der Waals surface area contributed by atoms with E-state index >= 15 is 0 Å². The lowest BCUT2D eigenvalue weighted by atomic mass is 9.82. The molecule has 1 rings (SSSR count). The molecule has 0 radical (unpaired) electrons. The maximum Gasteiger partial charge on any atom is 0.323 e. The summed E-state index contributed by atoms with van der Waals surface area (Å²) in [6.07, 6.45) is 6.43. The summed E-state index contributed by atoms with van der Waals surface area (Å²) in [5.74, 6) is 10.6.